The average molecular weight is 176 g/mol. The minimum absolute atomic E-state index is 0.343. The second-order valence-electron chi connectivity index (χ2n) is 3.08. The van der Waals surface area contributed by atoms with Crippen molar-refractivity contribution < 1.29 is 25.2 Å². The SMILES string of the molecule is O=C(O)C(O)C1CCC(O)C1O. The normalized spacial score (nSPS) is 38.1. The molecular weight excluding hydrogens is 164 g/mol. The summed E-state index contributed by atoms with van der Waals surface area (Å²) in [5.41, 5.74) is 0. The Morgan fingerprint density at radius 2 is 1.92 bits per heavy atom. The third-order valence-corrected chi connectivity index (χ3v) is 2.29. The van der Waals surface area contributed by atoms with E-state index in [1.807, 2.05) is 0 Å². The molecule has 5 nitrogen and oxygen atoms in total. The lowest BCUT2D eigenvalue weighted by Gasteiger charge is -2.18. The van der Waals surface area contributed by atoms with E-state index in [1.165, 1.54) is 0 Å². The smallest absolute Gasteiger partial charge is 0.332 e. The Labute approximate surface area is 69.3 Å². The van der Waals surface area contributed by atoms with Crippen molar-refractivity contribution in [3.05, 3.63) is 0 Å². The molecule has 12 heavy (non-hydrogen) atoms. The zero-order chi connectivity index (χ0) is 9.30. The van der Waals surface area contributed by atoms with Crippen LogP contribution in [0.5, 0.6) is 0 Å². The molecule has 0 aromatic rings. The number of carbonyl (C=O) groups is 1. The highest BCUT2D eigenvalue weighted by atomic mass is 16.4. The van der Waals surface area contributed by atoms with Gasteiger partial charge in [-0.05, 0) is 12.8 Å². The van der Waals surface area contributed by atoms with Gasteiger partial charge in [0, 0.05) is 5.92 Å². The highest BCUT2D eigenvalue weighted by Crippen LogP contribution is 2.28. The van der Waals surface area contributed by atoms with Gasteiger partial charge in [0.25, 0.3) is 0 Å². The number of carboxylic acid groups (broad SMARTS) is 1. The fourth-order valence-electron chi connectivity index (χ4n) is 1.52. The average Bonchev–Trinajstić information content (AvgIpc) is 2.32. The molecule has 1 aliphatic rings. The number of aliphatic hydroxyl groups is 3. The van der Waals surface area contributed by atoms with Crippen LogP contribution in [0.4, 0.5) is 0 Å². The number of hydrogen-bond donors (Lipinski definition) is 4. The Hall–Kier alpha value is -0.650. The Morgan fingerprint density at radius 3 is 2.25 bits per heavy atom. The maximum absolute atomic E-state index is 10.3. The summed E-state index contributed by atoms with van der Waals surface area (Å²) in [7, 11) is 0. The van der Waals surface area contributed by atoms with Crippen LogP contribution in [0.3, 0.4) is 0 Å². The van der Waals surface area contributed by atoms with E-state index in [2.05, 4.69) is 0 Å². The van der Waals surface area contributed by atoms with Crippen LogP contribution in [-0.2, 0) is 4.79 Å². The standard InChI is InChI=1S/C7H12O5/c8-4-2-1-3(5(4)9)6(10)7(11)12/h3-6,8-10H,1-2H2,(H,11,12). The van der Waals surface area contributed by atoms with Gasteiger partial charge in [0.15, 0.2) is 6.10 Å². The third kappa shape index (κ3) is 1.57. The molecule has 0 aliphatic heterocycles. The lowest BCUT2D eigenvalue weighted by atomic mass is 9.98. The lowest BCUT2D eigenvalue weighted by Crippen LogP contribution is -2.37. The fourth-order valence-corrected chi connectivity index (χ4v) is 1.52. The van der Waals surface area contributed by atoms with Crippen molar-refractivity contribution in [2.24, 2.45) is 5.92 Å². The van der Waals surface area contributed by atoms with E-state index in [-0.39, 0.29) is 0 Å². The molecule has 1 aliphatic carbocycles. The molecule has 1 fully saturated rings. The molecule has 1 saturated carbocycles. The van der Waals surface area contributed by atoms with E-state index < -0.39 is 30.2 Å². The van der Waals surface area contributed by atoms with E-state index in [9.17, 15) is 9.90 Å². The minimum Gasteiger partial charge on any atom is -0.479 e. The van der Waals surface area contributed by atoms with Crippen LogP contribution in [0, 0.1) is 5.92 Å². The fraction of sp³-hybridized carbons (Fsp3) is 0.857. The highest BCUT2D eigenvalue weighted by Gasteiger charge is 2.40. The Kier molecular flexibility index (Phi) is 2.66. The van der Waals surface area contributed by atoms with Crippen molar-refractivity contribution >= 4 is 5.97 Å². The molecule has 0 saturated heterocycles. The monoisotopic (exact) mass is 176 g/mol. The zero-order valence-corrected chi connectivity index (χ0v) is 6.42. The molecule has 0 aromatic carbocycles. The largest absolute Gasteiger partial charge is 0.479 e. The maximum Gasteiger partial charge on any atom is 0.332 e. The van der Waals surface area contributed by atoms with E-state index in [1.54, 1.807) is 0 Å². The summed E-state index contributed by atoms with van der Waals surface area (Å²) < 4.78 is 0. The maximum atomic E-state index is 10.3. The van der Waals surface area contributed by atoms with Gasteiger partial charge in [-0.2, -0.15) is 0 Å². The van der Waals surface area contributed by atoms with Crippen LogP contribution >= 0.6 is 0 Å². The Morgan fingerprint density at radius 1 is 1.33 bits per heavy atom. The molecule has 0 amide bonds. The first-order valence-corrected chi connectivity index (χ1v) is 3.81. The summed E-state index contributed by atoms with van der Waals surface area (Å²) in [6, 6.07) is 0. The zero-order valence-electron chi connectivity index (χ0n) is 6.42. The van der Waals surface area contributed by atoms with Crippen LogP contribution in [0.1, 0.15) is 12.8 Å². The summed E-state index contributed by atoms with van der Waals surface area (Å²) in [6.07, 6.45) is -2.90. The van der Waals surface area contributed by atoms with Crippen molar-refractivity contribution in [1.29, 1.82) is 0 Å². The summed E-state index contributed by atoms with van der Waals surface area (Å²) >= 11 is 0. The molecule has 1 rings (SSSR count). The molecule has 0 spiro atoms. The molecule has 0 bridgehead atoms. The Balaban J connectivity index is 2.59. The summed E-state index contributed by atoms with van der Waals surface area (Å²) in [5.74, 6) is -2.09. The van der Waals surface area contributed by atoms with Crippen LogP contribution in [-0.4, -0.2) is 44.7 Å². The third-order valence-electron chi connectivity index (χ3n) is 2.29. The van der Waals surface area contributed by atoms with Gasteiger partial charge in [-0.3, -0.25) is 0 Å². The number of rotatable bonds is 2. The molecule has 0 radical (unpaired) electrons. The van der Waals surface area contributed by atoms with Crippen LogP contribution < -0.4 is 0 Å². The molecule has 0 aromatic heterocycles. The highest BCUT2D eigenvalue weighted by molar-refractivity contribution is 5.72. The first kappa shape index (κ1) is 9.44. The lowest BCUT2D eigenvalue weighted by molar-refractivity contribution is -0.152. The van der Waals surface area contributed by atoms with Gasteiger partial charge >= 0.3 is 5.97 Å². The van der Waals surface area contributed by atoms with E-state index in [0.717, 1.165) is 0 Å². The molecule has 4 atom stereocenters. The molecule has 70 valence electrons. The van der Waals surface area contributed by atoms with Gasteiger partial charge in [0.2, 0.25) is 0 Å². The van der Waals surface area contributed by atoms with Crippen molar-refractivity contribution in [2.45, 2.75) is 31.2 Å². The molecule has 5 heteroatoms. The number of carboxylic acids is 1. The second-order valence-corrected chi connectivity index (χ2v) is 3.08. The van der Waals surface area contributed by atoms with E-state index in [0.29, 0.717) is 12.8 Å². The summed E-state index contributed by atoms with van der Waals surface area (Å²) in [4.78, 5) is 10.3. The molecule has 4 unspecified atom stereocenters. The van der Waals surface area contributed by atoms with E-state index in [4.69, 9.17) is 15.3 Å². The van der Waals surface area contributed by atoms with Crippen molar-refractivity contribution in [1.82, 2.24) is 0 Å². The molecule has 0 heterocycles. The quantitative estimate of drug-likeness (QED) is 0.413. The van der Waals surface area contributed by atoms with Crippen molar-refractivity contribution in [3.8, 4) is 0 Å². The van der Waals surface area contributed by atoms with Crippen LogP contribution in [0.15, 0.2) is 0 Å². The Bertz CT molecular complexity index is 181. The van der Waals surface area contributed by atoms with E-state index >= 15 is 0 Å². The van der Waals surface area contributed by atoms with Gasteiger partial charge in [-0.25, -0.2) is 4.79 Å². The van der Waals surface area contributed by atoms with Gasteiger partial charge < -0.3 is 20.4 Å². The number of aliphatic hydroxyl groups excluding tert-OH is 3. The summed E-state index contributed by atoms with van der Waals surface area (Å²) in [5, 5.41) is 35.7. The van der Waals surface area contributed by atoms with Crippen LogP contribution in [0.2, 0.25) is 0 Å². The van der Waals surface area contributed by atoms with Gasteiger partial charge in [-0.1, -0.05) is 0 Å². The topological polar surface area (TPSA) is 98.0 Å². The first-order valence-electron chi connectivity index (χ1n) is 3.81. The van der Waals surface area contributed by atoms with Gasteiger partial charge in [-0.15, -0.1) is 0 Å². The van der Waals surface area contributed by atoms with Crippen LogP contribution in [0.25, 0.3) is 0 Å². The molecular formula is C7H12O5. The minimum atomic E-state index is -1.57. The number of aliphatic carboxylic acids is 1. The summed E-state index contributed by atoms with van der Waals surface area (Å²) in [6.45, 7) is 0. The first-order chi connectivity index (χ1) is 5.54. The predicted octanol–water partition coefficient (Wildman–Crippen LogP) is -1.44. The van der Waals surface area contributed by atoms with Crippen molar-refractivity contribution in [3.63, 3.8) is 0 Å². The second kappa shape index (κ2) is 3.38. The van der Waals surface area contributed by atoms with Gasteiger partial charge in [0.1, 0.15) is 0 Å². The molecule has 4 N–H and O–H groups in total. The van der Waals surface area contributed by atoms with Crippen molar-refractivity contribution in [2.75, 3.05) is 0 Å². The number of hydrogen-bond acceptors (Lipinski definition) is 4. The predicted molar refractivity (Wildman–Crippen MR) is 38.4 cm³/mol. The van der Waals surface area contributed by atoms with Gasteiger partial charge in [0.05, 0.1) is 12.2 Å².